The fraction of sp³-hybridized carbons (Fsp3) is 0.533. The van der Waals surface area contributed by atoms with E-state index in [1.165, 1.54) is 11.1 Å². The summed E-state index contributed by atoms with van der Waals surface area (Å²) in [6, 6.07) is 6.18. The van der Waals surface area contributed by atoms with Crippen LogP contribution in [0.1, 0.15) is 24.0 Å². The van der Waals surface area contributed by atoms with Crippen LogP contribution in [0.5, 0.6) is 5.75 Å². The molecule has 1 aromatic carbocycles. The minimum atomic E-state index is -0.694. The van der Waals surface area contributed by atoms with E-state index >= 15 is 0 Å². The molecule has 4 heteroatoms. The fourth-order valence-corrected chi connectivity index (χ4v) is 2.74. The first-order chi connectivity index (χ1) is 9.08. The molecule has 1 saturated heterocycles. The summed E-state index contributed by atoms with van der Waals surface area (Å²) in [4.78, 5) is 13.0. The summed E-state index contributed by atoms with van der Waals surface area (Å²) < 4.78 is 5.38. The third-order valence-corrected chi connectivity index (χ3v) is 3.66. The van der Waals surface area contributed by atoms with Crippen molar-refractivity contribution in [3.8, 4) is 5.75 Å². The van der Waals surface area contributed by atoms with E-state index in [9.17, 15) is 4.79 Å². The van der Waals surface area contributed by atoms with E-state index in [1.54, 1.807) is 7.11 Å². The molecule has 0 radical (unpaired) electrons. The molecule has 0 saturated carbocycles. The van der Waals surface area contributed by atoms with Crippen molar-refractivity contribution in [3.05, 3.63) is 29.3 Å². The van der Waals surface area contributed by atoms with Gasteiger partial charge in [0.2, 0.25) is 0 Å². The lowest BCUT2D eigenvalue weighted by Crippen LogP contribution is -2.21. The van der Waals surface area contributed by atoms with Crippen LogP contribution in [0.15, 0.2) is 18.2 Å². The highest BCUT2D eigenvalue weighted by atomic mass is 16.5. The first-order valence-corrected chi connectivity index (χ1v) is 6.66. The maximum absolute atomic E-state index is 10.7. The van der Waals surface area contributed by atoms with Crippen LogP contribution in [0, 0.1) is 12.8 Å². The Hall–Kier alpha value is -1.55. The summed E-state index contributed by atoms with van der Waals surface area (Å²) in [5.74, 6) is 0.501. The zero-order valence-corrected chi connectivity index (χ0v) is 11.6. The van der Waals surface area contributed by atoms with Gasteiger partial charge in [-0.2, -0.15) is 0 Å². The maximum Gasteiger partial charge on any atom is 0.303 e. The van der Waals surface area contributed by atoms with Gasteiger partial charge in [0.15, 0.2) is 0 Å². The summed E-state index contributed by atoms with van der Waals surface area (Å²) in [7, 11) is 1.69. The number of likely N-dealkylation sites (tertiary alicyclic amines) is 1. The number of benzene rings is 1. The quantitative estimate of drug-likeness (QED) is 0.885. The summed E-state index contributed by atoms with van der Waals surface area (Å²) >= 11 is 0. The van der Waals surface area contributed by atoms with Crippen molar-refractivity contribution in [2.24, 2.45) is 5.92 Å². The van der Waals surface area contributed by atoms with E-state index in [1.807, 2.05) is 12.1 Å². The van der Waals surface area contributed by atoms with Crippen LogP contribution in [-0.2, 0) is 11.3 Å². The molecule has 0 aromatic heterocycles. The number of nitrogens with zero attached hydrogens (tertiary/aromatic N) is 1. The molecule has 1 aliphatic rings. The number of methoxy groups -OCH3 is 1. The van der Waals surface area contributed by atoms with Gasteiger partial charge in [-0.3, -0.25) is 9.69 Å². The van der Waals surface area contributed by atoms with Crippen molar-refractivity contribution in [1.29, 1.82) is 0 Å². The van der Waals surface area contributed by atoms with Crippen molar-refractivity contribution < 1.29 is 14.6 Å². The highest BCUT2D eigenvalue weighted by Crippen LogP contribution is 2.26. The van der Waals surface area contributed by atoms with Gasteiger partial charge in [0.05, 0.1) is 7.11 Å². The SMILES string of the molecule is COc1ccc(C)cc1CN1CCC(CC(=O)O)C1. The topological polar surface area (TPSA) is 49.8 Å². The van der Waals surface area contributed by atoms with E-state index in [4.69, 9.17) is 9.84 Å². The number of hydrogen-bond acceptors (Lipinski definition) is 3. The van der Waals surface area contributed by atoms with Gasteiger partial charge in [0, 0.05) is 25.1 Å². The number of aliphatic carboxylic acids is 1. The van der Waals surface area contributed by atoms with Crippen molar-refractivity contribution in [1.82, 2.24) is 4.90 Å². The Balaban J connectivity index is 1.98. The van der Waals surface area contributed by atoms with Crippen LogP contribution < -0.4 is 4.74 Å². The monoisotopic (exact) mass is 263 g/mol. The van der Waals surface area contributed by atoms with Crippen molar-refractivity contribution in [2.75, 3.05) is 20.2 Å². The van der Waals surface area contributed by atoms with E-state index in [0.717, 1.165) is 31.8 Å². The molecular weight excluding hydrogens is 242 g/mol. The minimum absolute atomic E-state index is 0.279. The normalized spacial score (nSPS) is 19.6. The lowest BCUT2D eigenvalue weighted by Gasteiger charge is -2.18. The van der Waals surface area contributed by atoms with E-state index in [0.29, 0.717) is 0 Å². The molecule has 0 spiro atoms. The molecule has 19 heavy (non-hydrogen) atoms. The molecule has 1 aromatic rings. The van der Waals surface area contributed by atoms with Gasteiger partial charge in [-0.1, -0.05) is 17.7 Å². The minimum Gasteiger partial charge on any atom is -0.496 e. The lowest BCUT2D eigenvalue weighted by atomic mass is 10.1. The molecule has 1 N–H and O–H groups in total. The zero-order chi connectivity index (χ0) is 13.8. The number of ether oxygens (including phenoxy) is 1. The van der Waals surface area contributed by atoms with Crippen LogP contribution in [0.2, 0.25) is 0 Å². The van der Waals surface area contributed by atoms with Gasteiger partial charge in [0.1, 0.15) is 5.75 Å². The molecule has 1 unspecified atom stereocenters. The number of rotatable bonds is 5. The number of hydrogen-bond donors (Lipinski definition) is 1. The van der Waals surface area contributed by atoms with Gasteiger partial charge in [-0.15, -0.1) is 0 Å². The largest absolute Gasteiger partial charge is 0.496 e. The molecule has 2 rings (SSSR count). The molecule has 1 atom stereocenters. The average molecular weight is 263 g/mol. The zero-order valence-electron chi connectivity index (χ0n) is 11.6. The van der Waals surface area contributed by atoms with Crippen molar-refractivity contribution >= 4 is 5.97 Å². The predicted octanol–water partition coefficient (Wildman–Crippen LogP) is 2.30. The average Bonchev–Trinajstić information content (AvgIpc) is 2.76. The van der Waals surface area contributed by atoms with Gasteiger partial charge < -0.3 is 9.84 Å². The Morgan fingerprint density at radius 1 is 1.53 bits per heavy atom. The second-order valence-electron chi connectivity index (χ2n) is 5.30. The highest BCUT2D eigenvalue weighted by Gasteiger charge is 2.24. The first kappa shape index (κ1) is 13.9. The Morgan fingerprint density at radius 3 is 3.00 bits per heavy atom. The molecule has 0 aliphatic carbocycles. The van der Waals surface area contributed by atoms with Crippen LogP contribution in [-0.4, -0.2) is 36.2 Å². The van der Waals surface area contributed by atoms with Crippen LogP contribution in [0.4, 0.5) is 0 Å². The number of aryl methyl sites for hydroxylation is 1. The van der Waals surface area contributed by atoms with Crippen LogP contribution >= 0.6 is 0 Å². The summed E-state index contributed by atoms with van der Waals surface area (Å²) in [5.41, 5.74) is 2.40. The van der Waals surface area contributed by atoms with Crippen molar-refractivity contribution in [3.63, 3.8) is 0 Å². The molecule has 1 aliphatic heterocycles. The van der Waals surface area contributed by atoms with Crippen LogP contribution in [0.3, 0.4) is 0 Å². The van der Waals surface area contributed by atoms with E-state index in [2.05, 4.69) is 17.9 Å². The highest BCUT2D eigenvalue weighted by molar-refractivity contribution is 5.67. The van der Waals surface area contributed by atoms with Crippen LogP contribution in [0.25, 0.3) is 0 Å². The smallest absolute Gasteiger partial charge is 0.303 e. The third-order valence-electron chi connectivity index (χ3n) is 3.66. The van der Waals surface area contributed by atoms with Gasteiger partial charge in [-0.05, 0) is 31.9 Å². The summed E-state index contributed by atoms with van der Waals surface area (Å²) in [6.07, 6.45) is 1.25. The van der Waals surface area contributed by atoms with E-state index in [-0.39, 0.29) is 12.3 Å². The molecule has 104 valence electrons. The lowest BCUT2D eigenvalue weighted by molar-refractivity contribution is -0.138. The number of carboxylic acids is 1. The Morgan fingerprint density at radius 2 is 2.32 bits per heavy atom. The van der Waals surface area contributed by atoms with Gasteiger partial charge in [0.25, 0.3) is 0 Å². The Labute approximate surface area is 114 Å². The van der Waals surface area contributed by atoms with Gasteiger partial charge >= 0.3 is 5.97 Å². The summed E-state index contributed by atoms with van der Waals surface area (Å²) in [6.45, 7) is 4.74. The molecule has 4 nitrogen and oxygen atoms in total. The maximum atomic E-state index is 10.7. The molecule has 0 amide bonds. The van der Waals surface area contributed by atoms with E-state index < -0.39 is 5.97 Å². The molecule has 1 heterocycles. The molecule has 0 bridgehead atoms. The fourth-order valence-electron chi connectivity index (χ4n) is 2.74. The Bertz CT molecular complexity index is 459. The standard InChI is InChI=1S/C15H21NO3/c1-11-3-4-14(19-2)13(7-11)10-16-6-5-12(9-16)8-15(17)18/h3-4,7,12H,5-6,8-10H2,1-2H3,(H,17,18). The third kappa shape index (κ3) is 3.70. The first-order valence-electron chi connectivity index (χ1n) is 6.66. The summed E-state index contributed by atoms with van der Waals surface area (Å²) in [5, 5.41) is 8.83. The van der Waals surface area contributed by atoms with Gasteiger partial charge in [-0.25, -0.2) is 0 Å². The second-order valence-corrected chi connectivity index (χ2v) is 5.30. The molecular formula is C15H21NO3. The number of carboxylic acid groups (broad SMARTS) is 1. The van der Waals surface area contributed by atoms with Crippen molar-refractivity contribution in [2.45, 2.75) is 26.3 Å². The molecule has 1 fully saturated rings. The second kappa shape index (κ2) is 6.06. The number of carbonyl (C=O) groups is 1. The predicted molar refractivity (Wildman–Crippen MR) is 73.4 cm³/mol. The Kier molecular flexibility index (Phi) is 4.43.